The molecule has 0 fully saturated rings. The van der Waals surface area contributed by atoms with Crippen molar-refractivity contribution in [3.8, 4) is 0 Å². The predicted octanol–water partition coefficient (Wildman–Crippen LogP) is 3.68. The largest absolute Gasteiger partial charge is 0.361 e. The first kappa shape index (κ1) is 17.0. The number of para-hydroxylation sites is 1. The van der Waals surface area contributed by atoms with Crippen LogP contribution in [0.2, 0.25) is 0 Å². The number of nitrogens with zero attached hydrogens (tertiary/aromatic N) is 3. The highest BCUT2D eigenvalue weighted by Gasteiger charge is 2.15. The van der Waals surface area contributed by atoms with Crippen LogP contribution < -0.4 is 5.32 Å². The maximum atomic E-state index is 12.5. The zero-order valence-electron chi connectivity index (χ0n) is 14.7. The third-order valence-corrected chi connectivity index (χ3v) is 3.93. The number of carbonyl (C=O) groups excluding carboxylic acids is 1. The van der Waals surface area contributed by atoms with E-state index in [2.05, 4.69) is 29.3 Å². The van der Waals surface area contributed by atoms with E-state index in [1.807, 2.05) is 42.0 Å². The molecule has 0 aliphatic rings. The molecular weight excluding hydrogens is 316 g/mol. The first-order valence-corrected chi connectivity index (χ1v) is 8.35. The third kappa shape index (κ3) is 4.15. The van der Waals surface area contributed by atoms with Gasteiger partial charge in [-0.05, 0) is 24.5 Å². The lowest BCUT2D eigenvalue weighted by Crippen LogP contribution is -2.14. The molecule has 130 valence electrons. The van der Waals surface area contributed by atoms with Crippen molar-refractivity contribution in [1.82, 2.24) is 14.7 Å². The molecule has 3 aromatic rings. The number of aromatic nitrogens is 3. The van der Waals surface area contributed by atoms with Crippen LogP contribution >= 0.6 is 0 Å². The minimum absolute atomic E-state index is 0.270. The number of hydrogen-bond acceptors (Lipinski definition) is 4. The van der Waals surface area contributed by atoms with Crippen LogP contribution in [-0.2, 0) is 13.0 Å². The summed E-state index contributed by atoms with van der Waals surface area (Å²) in [4.78, 5) is 16.7. The summed E-state index contributed by atoms with van der Waals surface area (Å²) in [5.74, 6) is 1.83. The van der Waals surface area contributed by atoms with Gasteiger partial charge in [0.25, 0.3) is 5.91 Å². The molecule has 25 heavy (non-hydrogen) atoms. The maximum absolute atomic E-state index is 12.5. The molecule has 0 radical (unpaired) electrons. The van der Waals surface area contributed by atoms with Gasteiger partial charge >= 0.3 is 0 Å². The number of aryl methyl sites for hydroxylation is 1. The molecule has 2 aromatic heterocycles. The SMILES string of the molecule is Cc1nccn1Cc1ccccc1NC(=O)c1cc(CC(C)C)on1. The molecule has 2 heterocycles. The van der Waals surface area contributed by atoms with Crippen LogP contribution in [0.1, 0.15) is 41.5 Å². The Morgan fingerprint density at radius 2 is 2.12 bits per heavy atom. The second kappa shape index (κ2) is 7.34. The quantitative estimate of drug-likeness (QED) is 0.744. The average Bonchev–Trinajstić information content (AvgIpc) is 3.18. The second-order valence-electron chi connectivity index (χ2n) is 6.49. The van der Waals surface area contributed by atoms with Crippen LogP contribution in [-0.4, -0.2) is 20.6 Å². The summed E-state index contributed by atoms with van der Waals surface area (Å²) in [5, 5.41) is 6.81. The monoisotopic (exact) mass is 338 g/mol. The fourth-order valence-electron chi connectivity index (χ4n) is 2.64. The van der Waals surface area contributed by atoms with Crippen LogP contribution in [0.5, 0.6) is 0 Å². The Labute approximate surface area is 146 Å². The van der Waals surface area contributed by atoms with E-state index in [4.69, 9.17) is 4.52 Å². The minimum atomic E-state index is -0.270. The fourth-order valence-corrected chi connectivity index (χ4v) is 2.64. The van der Waals surface area contributed by atoms with Gasteiger partial charge < -0.3 is 14.4 Å². The van der Waals surface area contributed by atoms with Crippen molar-refractivity contribution in [3.63, 3.8) is 0 Å². The molecule has 6 nitrogen and oxygen atoms in total. The van der Waals surface area contributed by atoms with Crippen molar-refractivity contribution >= 4 is 11.6 Å². The zero-order valence-corrected chi connectivity index (χ0v) is 14.7. The lowest BCUT2D eigenvalue weighted by atomic mass is 10.1. The number of benzene rings is 1. The average molecular weight is 338 g/mol. The van der Waals surface area contributed by atoms with Gasteiger partial charge in [-0.3, -0.25) is 4.79 Å². The Morgan fingerprint density at radius 3 is 2.84 bits per heavy atom. The van der Waals surface area contributed by atoms with Crippen molar-refractivity contribution in [3.05, 3.63) is 65.6 Å². The standard InChI is InChI=1S/C19H22N4O2/c1-13(2)10-16-11-18(22-25-16)19(24)21-17-7-5-4-6-15(17)12-23-9-8-20-14(23)3/h4-9,11,13H,10,12H2,1-3H3,(H,21,24). The first-order chi connectivity index (χ1) is 12.0. The van der Waals surface area contributed by atoms with Crippen LogP contribution in [0.15, 0.2) is 47.2 Å². The van der Waals surface area contributed by atoms with E-state index in [-0.39, 0.29) is 5.91 Å². The number of imidazole rings is 1. The minimum Gasteiger partial charge on any atom is -0.361 e. The van der Waals surface area contributed by atoms with Crippen molar-refractivity contribution < 1.29 is 9.32 Å². The highest BCUT2D eigenvalue weighted by Crippen LogP contribution is 2.18. The Kier molecular flexibility index (Phi) is 4.97. The van der Waals surface area contributed by atoms with Gasteiger partial charge in [-0.15, -0.1) is 0 Å². The number of amides is 1. The van der Waals surface area contributed by atoms with E-state index in [0.29, 0.717) is 18.2 Å². The Morgan fingerprint density at radius 1 is 1.32 bits per heavy atom. The molecule has 1 N–H and O–H groups in total. The normalized spacial score (nSPS) is 11.0. The highest BCUT2D eigenvalue weighted by atomic mass is 16.5. The van der Waals surface area contributed by atoms with E-state index < -0.39 is 0 Å². The molecule has 1 amide bonds. The van der Waals surface area contributed by atoms with Gasteiger partial charge in [0.1, 0.15) is 11.6 Å². The van der Waals surface area contributed by atoms with Gasteiger partial charge in [0.2, 0.25) is 0 Å². The molecule has 0 bridgehead atoms. The molecule has 0 saturated carbocycles. The number of hydrogen-bond donors (Lipinski definition) is 1. The van der Waals surface area contributed by atoms with Gasteiger partial charge in [0.15, 0.2) is 5.69 Å². The van der Waals surface area contributed by atoms with Gasteiger partial charge in [-0.2, -0.15) is 0 Å². The number of anilines is 1. The van der Waals surface area contributed by atoms with Crippen LogP contribution in [0.3, 0.4) is 0 Å². The van der Waals surface area contributed by atoms with E-state index in [1.54, 1.807) is 12.3 Å². The molecule has 1 aromatic carbocycles. The molecule has 0 aliphatic carbocycles. The van der Waals surface area contributed by atoms with Crippen LogP contribution in [0, 0.1) is 12.8 Å². The molecular formula is C19H22N4O2. The topological polar surface area (TPSA) is 73.0 Å². The summed E-state index contributed by atoms with van der Waals surface area (Å²) in [6.45, 7) is 6.78. The Balaban J connectivity index is 1.75. The van der Waals surface area contributed by atoms with E-state index in [9.17, 15) is 4.79 Å². The van der Waals surface area contributed by atoms with E-state index >= 15 is 0 Å². The lowest BCUT2D eigenvalue weighted by Gasteiger charge is -2.11. The molecule has 0 atom stereocenters. The van der Waals surface area contributed by atoms with Gasteiger partial charge in [0.05, 0.1) is 6.54 Å². The summed E-state index contributed by atoms with van der Waals surface area (Å²) in [6, 6.07) is 9.43. The van der Waals surface area contributed by atoms with Crippen molar-refractivity contribution in [2.24, 2.45) is 5.92 Å². The number of nitrogens with one attached hydrogen (secondary N) is 1. The summed E-state index contributed by atoms with van der Waals surface area (Å²) in [6.07, 6.45) is 4.45. The summed E-state index contributed by atoms with van der Waals surface area (Å²) in [7, 11) is 0. The fraction of sp³-hybridized carbons (Fsp3) is 0.316. The highest BCUT2D eigenvalue weighted by molar-refractivity contribution is 6.03. The first-order valence-electron chi connectivity index (χ1n) is 8.35. The molecule has 0 spiro atoms. The van der Waals surface area contributed by atoms with Crippen molar-refractivity contribution in [1.29, 1.82) is 0 Å². The predicted molar refractivity (Wildman–Crippen MR) is 95.5 cm³/mol. The maximum Gasteiger partial charge on any atom is 0.277 e. The molecule has 0 unspecified atom stereocenters. The smallest absolute Gasteiger partial charge is 0.277 e. The van der Waals surface area contributed by atoms with Crippen LogP contribution in [0.25, 0.3) is 0 Å². The number of carbonyl (C=O) groups is 1. The van der Waals surface area contributed by atoms with Gasteiger partial charge in [-0.25, -0.2) is 4.98 Å². The molecule has 6 heteroatoms. The lowest BCUT2D eigenvalue weighted by molar-refractivity contribution is 0.101. The number of rotatable bonds is 6. The second-order valence-corrected chi connectivity index (χ2v) is 6.49. The summed E-state index contributed by atoms with van der Waals surface area (Å²) < 4.78 is 7.27. The third-order valence-electron chi connectivity index (χ3n) is 3.93. The van der Waals surface area contributed by atoms with E-state index in [0.717, 1.165) is 29.3 Å². The van der Waals surface area contributed by atoms with Crippen molar-refractivity contribution in [2.45, 2.75) is 33.7 Å². The zero-order chi connectivity index (χ0) is 17.8. The van der Waals surface area contributed by atoms with Gasteiger partial charge in [-0.1, -0.05) is 37.2 Å². The molecule has 0 aliphatic heterocycles. The van der Waals surface area contributed by atoms with E-state index in [1.165, 1.54) is 0 Å². The summed E-state index contributed by atoms with van der Waals surface area (Å²) in [5.41, 5.74) is 2.06. The van der Waals surface area contributed by atoms with Crippen LogP contribution in [0.4, 0.5) is 5.69 Å². The Bertz CT molecular complexity index is 864. The van der Waals surface area contributed by atoms with Gasteiger partial charge in [0, 0.05) is 30.6 Å². The molecule has 3 rings (SSSR count). The summed E-state index contributed by atoms with van der Waals surface area (Å²) >= 11 is 0. The Hall–Kier alpha value is -2.89. The van der Waals surface area contributed by atoms with Crippen molar-refractivity contribution in [2.75, 3.05) is 5.32 Å². The molecule has 0 saturated heterocycles.